The van der Waals surface area contributed by atoms with E-state index < -0.39 is 10.0 Å². The Hall–Kier alpha value is -1.58. The second-order valence-corrected chi connectivity index (χ2v) is 10.1. The molecule has 2 aliphatic rings. The Balaban J connectivity index is 1.88. The fourth-order valence-corrected chi connectivity index (χ4v) is 5.88. The van der Waals surface area contributed by atoms with Crippen molar-refractivity contribution in [2.45, 2.75) is 48.8 Å². The summed E-state index contributed by atoms with van der Waals surface area (Å²) in [6.07, 6.45) is 3.89. The average Bonchev–Trinajstić information content (AvgIpc) is 3.17. The van der Waals surface area contributed by atoms with E-state index in [0.717, 1.165) is 30.6 Å². The molecule has 0 spiro atoms. The topological polar surface area (TPSA) is 86.8 Å². The molecule has 0 bridgehead atoms. The number of nitrogens with zero attached hydrogens (tertiary/aromatic N) is 2. The highest BCUT2D eigenvalue weighted by Gasteiger charge is 2.30. The van der Waals surface area contributed by atoms with E-state index in [-0.39, 0.29) is 23.3 Å². The SMILES string of the molecule is CCCCNC(=O)CN1C(=O)CCSc2ccc(S(=O)(=O)N3CCCC3)cc21. The molecule has 1 aromatic rings. The zero-order valence-electron chi connectivity index (χ0n) is 16.1. The van der Waals surface area contributed by atoms with Crippen molar-refractivity contribution in [3.05, 3.63) is 18.2 Å². The van der Waals surface area contributed by atoms with Gasteiger partial charge in [0.25, 0.3) is 0 Å². The molecule has 2 heterocycles. The van der Waals surface area contributed by atoms with E-state index >= 15 is 0 Å². The maximum atomic E-state index is 12.9. The molecule has 0 radical (unpaired) electrons. The lowest BCUT2D eigenvalue weighted by molar-refractivity contribution is -0.123. The Kier molecular flexibility index (Phi) is 7.00. The molecule has 1 fully saturated rings. The van der Waals surface area contributed by atoms with E-state index in [1.807, 2.05) is 6.92 Å². The van der Waals surface area contributed by atoms with Crippen LogP contribution in [0, 0.1) is 0 Å². The molecule has 7 nitrogen and oxygen atoms in total. The second kappa shape index (κ2) is 9.28. The van der Waals surface area contributed by atoms with Crippen molar-refractivity contribution in [2.75, 3.05) is 36.8 Å². The summed E-state index contributed by atoms with van der Waals surface area (Å²) < 4.78 is 27.3. The first-order valence-electron chi connectivity index (χ1n) is 9.77. The Bertz CT molecular complexity index is 836. The zero-order valence-corrected chi connectivity index (χ0v) is 17.8. The first-order valence-corrected chi connectivity index (χ1v) is 12.2. The monoisotopic (exact) mass is 425 g/mol. The van der Waals surface area contributed by atoms with Crippen LogP contribution in [0.4, 0.5) is 5.69 Å². The number of unbranched alkanes of at least 4 members (excludes halogenated alkanes) is 1. The maximum Gasteiger partial charge on any atom is 0.243 e. The van der Waals surface area contributed by atoms with E-state index in [4.69, 9.17) is 0 Å². The van der Waals surface area contributed by atoms with Gasteiger partial charge in [0.2, 0.25) is 21.8 Å². The fraction of sp³-hybridized carbons (Fsp3) is 0.579. The van der Waals surface area contributed by atoms with Crippen LogP contribution in [0.5, 0.6) is 0 Å². The Morgan fingerprint density at radius 3 is 2.71 bits per heavy atom. The van der Waals surface area contributed by atoms with Gasteiger partial charge < -0.3 is 10.2 Å². The number of benzene rings is 1. The minimum absolute atomic E-state index is 0.0939. The molecule has 2 aliphatic heterocycles. The molecule has 0 unspecified atom stereocenters. The van der Waals surface area contributed by atoms with Gasteiger partial charge in [-0.2, -0.15) is 4.31 Å². The standard InChI is InChI=1S/C19H27N3O4S2/c1-2-3-9-20-18(23)14-22-16-13-15(28(25,26)21-10-4-5-11-21)6-7-17(16)27-12-8-19(22)24/h6-7,13H,2-5,8-12,14H2,1H3,(H,20,23). The molecule has 0 atom stereocenters. The molecule has 0 aromatic heterocycles. The molecule has 1 N–H and O–H groups in total. The highest BCUT2D eigenvalue weighted by molar-refractivity contribution is 7.99. The molecule has 3 rings (SSSR count). The second-order valence-electron chi connectivity index (χ2n) is 7.02. The minimum atomic E-state index is -3.59. The number of carbonyl (C=O) groups excluding carboxylic acids is 2. The average molecular weight is 426 g/mol. The third-order valence-electron chi connectivity index (χ3n) is 4.95. The summed E-state index contributed by atoms with van der Waals surface area (Å²) >= 11 is 1.51. The summed E-state index contributed by atoms with van der Waals surface area (Å²) in [6.45, 7) is 3.57. The predicted molar refractivity (Wildman–Crippen MR) is 110 cm³/mol. The number of amides is 2. The number of hydrogen-bond donors (Lipinski definition) is 1. The number of anilines is 1. The molecule has 2 amide bonds. The number of thioether (sulfide) groups is 1. The van der Waals surface area contributed by atoms with E-state index in [9.17, 15) is 18.0 Å². The Labute approximate surface area is 170 Å². The van der Waals surface area contributed by atoms with Gasteiger partial charge in [-0.1, -0.05) is 13.3 Å². The van der Waals surface area contributed by atoms with Crippen molar-refractivity contribution in [3.63, 3.8) is 0 Å². The van der Waals surface area contributed by atoms with Gasteiger partial charge >= 0.3 is 0 Å². The molecule has 28 heavy (non-hydrogen) atoms. The fourth-order valence-electron chi connectivity index (χ4n) is 3.36. The molecule has 1 aromatic carbocycles. The van der Waals surface area contributed by atoms with Crippen LogP contribution in [0.25, 0.3) is 0 Å². The maximum absolute atomic E-state index is 12.9. The third kappa shape index (κ3) is 4.69. The van der Waals surface area contributed by atoms with E-state index in [2.05, 4.69) is 5.32 Å². The molecular weight excluding hydrogens is 398 g/mol. The van der Waals surface area contributed by atoms with Crippen molar-refractivity contribution >= 4 is 39.3 Å². The van der Waals surface area contributed by atoms with Gasteiger partial charge in [-0.15, -0.1) is 11.8 Å². The lowest BCUT2D eigenvalue weighted by Gasteiger charge is -2.23. The van der Waals surface area contributed by atoms with Crippen LogP contribution < -0.4 is 10.2 Å². The summed E-state index contributed by atoms with van der Waals surface area (Å²) in [5, 5.41) is 2.83. The third-order valence-corrected chi connectivity index (χ3v) is 7.91. The molecule has 9 heteroatoms. The largest absolute Gasteiger partial charge is 0.355 e. The number of nitrogens with one attached hydrogen (secondary N) is 1. The van der Waals surface area contributed by atoms with E-state index in [0.29, 0.717) is 37.5 Å². The highest BCUT2D eigenvalue weighted by Crippen LogP contribution is 2.36. The number of rotatable bonds is 7. The Morgan fingerprint density at radius 1 is 1.25 bits per heavy atom. The van der Waals surface area contributed by atoms with Crippen LogP contribution in [0.15, 0.2) is 28.0 Å². The van der Waals surface area contributed by atoms with Crippen molar-refractivity contribution < 1.29 is 18.0 Å². The van der Waals surface area contributed by atoms with Crippen LogP contribution in [0.1, 0.15) is 39.0 Å². The van der Waals surface area contributed by atoms with Gasteiger partial charge in [0.15, 0.2) is 0 Å². The smallest absolute Gasteiger partial charge is 0.243 e. The van der Waals surface area contributed by atoms with Gasteiger partial charge in [0.05, 0.1) is 10.6 Å². The predicted octanol–water partition coefficient (Wildman–Crippen LogP) is 2.22. The zero-order chi connectivity index (χ0) is 20.1. The van der Waals surface area contributed by atoms with Crippen LogP contribution in [-0.4, -0.2) is 56.5 Å². The van der Waals surface area contributed by atoms with E-state index in [1.165, 1.54) is 21.0 Å². The molecular formula is C19H27N3O4S2. The van der Waals surface area contributed by atoms with Crippen molar-refractivity contribution in [2.24, 2.45) is 0 Å². The van der Waals surface area contributed by atoms with Crippen molar-refractivity contribution in [3.8, 4) is 0 Å². The Morgan fingerprint density at radius 2 is 2.00 bits per heavy atom. The number of sulfonamides is 1. The van der Waals surface area contributed by atoms with Gasteiger partial charge in [-0.25, -0.2) is 8.42 Å². The van der Waals surface area contributed by atoms with Gasteiger partial charge in [-0.3, -0.25) is 9.59 Å². The molecule has 0 saturated carbocycles. The van der Waals surface area contributed by atoms with Crippen LogP contribution in [0.2, 0.25) is 0 Å². The number of hydrogen-bond acceptors (Lipinski definition) is 5. The number of fused-ring (bicyclic) bond motifs is 1. The first-order chi connectivity index (χ1) is 13.4. The summed E-state index contributed by atoms with van der Waals surface area (Å²) in [4.78, 5) is 27.4. The summed E-state index contributed by atoms with van der Waals surface area (Å²) in [7, 11) is -3.59. The minimum Gasteiger partial charge on any atom is -0.355 e. The van der Waals surface area contributed by atoms with Crippen molar-refractivity contribution in [1.82, 2.24) is 9.62 Å². The number of carbonyl (C=O) groups is 2. The molecule has 0 aliphatic carbocycles. The highest BCUT2D eigenvalue weighted by atomic mass is 32.2. The molecule has 154 valence electrons. The van der Waals surface area contributed by atoms with Crippen LogP contribution in [0.3, 0.4) is 0 Å². The van der Waals surface area contributed by atoms with Gasteiger partial charge in [0.1, 0.15) is 6.54 Å². The van der Waals surface area contributed by atoms with Crippen LogP contribution >= 0.6 is 11.8 Å². The summed E-state index contributed by atoms with van der Waals surface area (Å²) in [5.41, 5.74) is 0.512. The normalized spacial score (nSPS) is 18.0. The first kappa shape index (κ1) is 21.1. The lowest BCUT2D eigenvalue weighted by atomic mass is 10.2. The van der Waals surface area contributed by atoms with Crippen molar-refractivity contribution in [1.29, 1.82) is 0 Å². The van der Waals surface area contributed by atoms with Crippen LogP contribution in [-0.2, 0) is 19.6 Å². The van der Waals surface area contributed by atoms with Gasteiger partial charge in [-0.05, 0) is 37.5 Å². The molecule has 1 saturated heterocycles. The lowest BCUT2D eigenvalue weighted by Crippen LogP contribution is -2.41. The van der Waals surface area contributed by atoms with E-state index in [1.54, 1.807) is 18.2 Å². The summed E-state index contributed by atoms with van der Waals surface area (Å²) in [5.74, 6) is 0.220. The quantitative estimate of drug-likeness (QED) is 0.677. The summed E-state index contributed by atoms with van der Waals surface area (Å²) in [6, 6.07) is 4.91. The van der Waals surface area contributed by atoms with Gasteiger partial charge in [0, 0.05) is 36.7 Å².